The Balaban J connectivity index is 0.000000150. The summed E-state index contributed by atoms with van der Waals surface area (Å²) in [6.07, 6.45) is 0.583. The van der Waals surface area contributed by atoms with E-state index in [1.54, 1.807) is 7.11 Å². The van der Waals surface area contributed by atoms with Gasteiger partial charge in [0, 0.05) is 12.5 Å². The van der Waals surface area contributed by atoms with Gasteiger partial charge in [-0.15, -0.1) is 0 Å². The highest BCUT2D eigenvalue weighted by molar-refractivity contribution is 4.79. The first-order valence-electron chi connectivity index (χ1n) is 4.34. The van der Waals surface area contributed by atoms with E-state index in [1.165, 1.54) is 0 Å². The van der Waals surface area contributed by atoms with Crippen molar-refractivity contribution in [3.63, 3.8) is 0 Å². The van der Waals surface area contributed by atoms with Gasteiger partial charge in [0.1, 0.15) is 0 Å². The van der Waals surface area contributed by atoms with Gasteiger partial charge < -0.3 is 14.2 Å². The molecule has 0 aromatic carbocycles. The average molecular weight is 174 g/mol. The Hall–Kier alpha value is -0.120. The second kappa shape index (κ2) is 4.21. The number of methoxy groups -OCH3 is 1. The lowest BCUT2D eigenvalue weighted by Gasteiger charge is -2.37. The molecule has 2 aliphatic rings. The second-order valence-electron chi connectivity index (χ2n) is 3.88. The van der Waals surface area contributed by atoms with E-state index in [9.17, 15) is 0 Å². The molecule has 72 valence electrons. The van der Waals surface area contributed by atoms with Crippen LogP contribution in [-0.2, 0) is 14.2 Å². The molecule has 2 aliphatic heterocycles. The van der Waals surface area contributed by atoms with E-state index < -0.39 is 0 Å². The van der Waals surface area contributed by atoms with Crippen LogP contribution in [0.25, 0.3) is 0 Å². The Morgan fingerprint density at radius 3 is 2.08 bits per heavy atom. The Morgan fingerprint density at radius 2 is 2.00 bits per heavy atom. The standard InChI is InChI=1S/C6H12O2.C3H6O/c1-6(3-7-2)4-8-5-6;1-3-2-4-3/h3-5H2,1-2H3;3H,2H2,1H3. The highest BCUT2D eigenvalue weighted by Gasteiger charge is 2.32. The predicted octanol–water partition coefficient (Wildman–Crippen LogP) is 1.07. The van der Waals surface area contributed by atoms with Crippen LogP contribution >= 0.6 is 0 Å². The lowest BCUT2D eigenvalue weighted by molar-refractivity contribution is -0.131. The maximum Gasteiger partial charge on any atom is 0.0781 e. The average Bonchev–Trinajstić information content (AvgIpc) is 2.70. The molecule has 0 saturated carbocycles. The fourth-order valence-electron chi connectivity index (χ4n) is 0.979. The molecule has 3 heteroatoms. The van der Waals surface area contributed by atoms with Crippen LogP contribution in [0.5, 0.6) is 0 Å². The van der Waals surface area contributed by atoms with Gasteiger partial charge in [-0.1, -0.05) is 6.92 Å². The largest absolute Gasteiger partial charge is 0.384 e. The van der Waals surface area contributed by atoms with Gasteiger partial charge in [-0.25, -0.2) is 0 Å². The maximum absolute atomic E-state index is 5.01. The zero-order chi connectivity index (χ0) is 9.03. The molecule has 3 nitrogen and oxygen atoms in total. The van der Waals surface area contributed by atoms with Crippen molar-refractivity contribution in [1.82, 2.24) is 0 Å². The summed E-state index contributed by atoms with van der Waals surface area (Å²) in [6.45, 7) is 7.76. The van der Waals surface area contributed by atoms with E-state index >= 15 is 0 Å². The molecular weight excluding hydrogens is 156 g/mol. The summed E-state index contributed by atoms with van der Waals surface area (Å²) in [5.74, 6) is 0. The second-order valence-corrected chi connectivity index (χ2v) is 3.88. The summed E-state index contributed by atoms with van der Waals surface area (Å²) in [7, 11) is 1.73. The van der Waals surface area contributed by atoms with Gasteiger partial charge in [0.25, 0.3) is 0 Å². The minimum Gasteiger partial charge on any atom is -0.384 e. The van der Waals surface area contributed by atoms with Crippen LogP contribution in [-0.4, -0.2) is 39.6 Å². The molecule has 2 rings (SSSR count). The molecule has 1 unspecified atom stereocenters. The molecule has 2 heterocycles. The van der Waals surface area contributed by atoms with Crippen LogP contribution in [0.2, 0.25) is 0 Å². The van der Waals surface area contributed by atoms with Crippen molar-refractivity contribution in [3.8, 4) is 0 Å². The lowest BCUT2D eigenvalue weighted by atomic mass is 9.90. The molecule has 0 aromatic rings. The number of epoxide rings is 1. The fourth-order valence-corrected chi connectivity index (χ4v) is 0.979. The van der Waals surface area contributed by atoms with Crippen LogP contribution in [0.15, 0.2) is 0 Å². The Labute approximate surface area is 74.0 Å². The maximum atomic E-state index is 5.01. The highest BCUT2D eigenvalue weighted by atomic mass is 16.6. The summed E-state index contributed by atoms with van der Waals surface area (Å²) in [6, 6.07) is 0. The van der Waals surface area contributed by atoms with Gasteiger partial charge in [0.2, 0.25) is 0 Å². The molecule has 2 saturated heterocycles. The van der Waals surface area contributed by atoms with E-state index in [0.29, 0.717) is 11.5 Å². The Morgan fingerprint density at radius 1 is 1.50 bits per heavy atom. The number of rotatable bonds is 2. The quantitative estimate of drug-likeness (QED) is 0.587. The van der Waals surface area contributed by atoms with E-state index in [0.717, 1.165) is 26.4 Å². The first-order valence-corrected chi connectivity index (χ1v) is 4.34. The molecule has 12 heavy (non-hydrogen) atoms. The third-order valence-corrected chi connectivity index (χ3v) is 1.89. The van der Waals surface area contributed by atoms with Crippen LogP contribution in [0.1, 0.15) is 13.8 Å². The third-order valence-electron chi connectivity index (χ3n) is 1.89. The molecule has 0 amide bonds. The minimum atomic E-state index is 0.328. The first kappa shape index (κ1) is 9.96. The van der Waals surface area contributed by atoms with Crippen LogP contribution in [0, 0.1) is 5.41 Å². The van der Waals surface area contributed by atoms with Crippen molar-refractivity contribution in [2.75, 3.05) is 33.5 Å². The van der Waals surface area contributed by atoms with Crippen molar-refractivity contribution in [3.05, 3.63) is 0 Å². The first-order chi connectivity index (χ1) is 5.66. The monoisotopic (exact) mass is 174 g/mol. The number of ether oxygens (including phenoxy) is 3. The molecule has 1 atom stereocenters. The summed E-state index contributed by atoms with van der Waals surface area (Å²) in [5, 5.41) is 0. The molecule has 0 N–H and O–H groups in total. The summed E-state index contributed by atoms with van der Waals surface area (Å²) < 4.78 is 14.7. The summed E-state index contributed by atoms with van der Waals surface area (Å²) >= 11 is 0. The minimum absolute atomic E-state index is 0.328. The summed E-state index contributed by atoms with van der Waals surface area (Å²) in [4.78, 5) is 0. The van der Waals surface area contributed by atoms with Gasteiger partial charge in [-0.3, -0.25) is 0 Å². The van der Waals surface area contributed by atoms with Gasteiger partial charge in [0.15, 0.2) is 0 Å². The molecule has 0 spiro atoms. The van der Waals surface area contributed by atoms with E-state index in [4.69, 9.17) is 14.2 Å². The molecule has 0 bridgehead atoms. The van der Waals surface area contributed by atoms with Crippen molar-refractivity contribution in [1.29, 1.82) is 0 Å². The fraction of sp³-hybridized carbons (Fsp3) is 1.00. The van der Waals surface area contributed by atoms with Gasteiger partial charge in [-0.2, -0.15) is 0 Å². The van der Waals surface area contributed by atoms with Crippen LogP contribution < -0.4 is 0 Å². The molecule has 0 radical (unpaired) electrons. The molecule has 0 aromatic heterocycles. The van der Waals surface area contributed by atoms with Crippen LogP contribution in [0.4, 0.5) is 0 Å². The van der Waals surface area contributed by atoms with Gasteiger partial charge >= 0.3 is 0 Å². The van der Waals surface area contributed by atoms with Crippen LogP contribution in [0.3, 0.4) is 0 Å². The van der Waals surface area contributed by atoms with Gasteiger partial charge in [-0.05, 0) is 6.92 Å². The lowest BCUT2D eigenvalue weighted by Crippen LogP contribution is -2.43. The zero-order valence-electron chi connectivity index (χ0n) is 8.13. The molecule has 0 aliphatic carbocycles. The SMILES string of the molecule is CC1CO1.COCC1(C)COC1. The normalized spacial score (nSPS) is 29.8. The van der Waals surface area contributed by atoms with E-state index in [1.807, 2.05) is 0 Å². The third kappa shape index (κ3) is 3.52. The predicted molar refractivity (Wildman–Crippen MR) is 46.2 cm³/mol. The molecule has 2 fully saturated rings. The number of hydrogen-bond donors (Lipinski definition) is 0. The topological polar surface area (TPSA) is 31.0 Å². The van der Waals surface area contributed by atoms with Crippen molar-refractivity contribution >= 4 is 0 Å². The van der Waals surface area contributed by atoms with Crippen molar-refractivity contribution in [2.45, 2.75) is 20.0 Å². The van der Waals surface area contributed by atoms with E-state index in [2.05, 4.69) is 13.8 Å². The Bertz CT molecular complexity index is 128. The number of hydrogen-bond acceptors (Lipinski definition) is 3. The van der Waals surface area contributed by atoms with E-state index in [-0.39, 0.29) is 0 Å². The highest BCUT2D eigenvalue weighted by Crippen LogP contribution is 2.25. The van der Waals surface area contributed by atoms with Gasteiger partial charge in [0.05, 0.1) is 32.5 Å². The van der Waals surface area contributed by atoms with Crippen molar-refractivity contribution < 1.29 is 14.2 Å². The zero-order valence-corrected chi connectivity index (χ0v) is 8.13. The Kier molecular flexibility index (Phi) is 3.50. The summed E-state index contributed by atoms with van der Waals surface area (Å²) in [5.41, 5.74) is 0.328. The smallest absolute Gasteiger partial charge is 0.0781 e. The van der Waals surface area contributed by atoms with Crippen molar-refractivity contribution in [2.24, 2.45) is 5.41 Å². The molecular formula is C9H18O3.